The van der Waals surface area contributed by atoms with Crippen LogP contribution in [0.5, 0.6) is 0 Å². The molecule has 8 heteroatoms. The lowest BCUT2D eigenvalue weighted by molar-refractivity contribution is 0.0937. The monoisotopic (exact) mass is 451 g/mol. The Balaban J connectivity index is 1.38. The van der Waals surface area contributed by atoms with E-state index in [1.165, 1.54) is 16.9 Å². The first-order chi connectivity index (χ1) is 15.2. The summed E-state index contributed by atoms with van der Waals surface area (Å²) in [6, 6.07) is 16.3. The number of carbonyl (C=O) groups excluding carboxylic acids is 1. The van der Waals surface area contributed by atoms with Crippen LogP contribution >= 0.6 is 22.9 Å². The molecular formula is C23H22ClN5OS. The first-order valence-electron chi connectivity index (χ1n) is 10.3. The molecule has 1 saturated heterocycles. The van der Waals surface area contributed by atoms with Crippen LogP contribution in [0, 0.1) is 0 Å². The second kappa shape index (κ2) is 8.42. The molecule has 158 valence electrons. The standard InChI is InChI=1S/C23H22ClN5OS/c24-20-19(17-14-27-29-13-5-4-8-18(17)29)28-22(31-20)21(30)26-15-23(9-11-25-12-10-23)16-6-2-1-3-7-16/h1-8,13-14,25H,9-12,15H2,(H,26,30). The van der Waals surface area contributed by atoms with E-state index in [2.05, 4.69) is 45.0 Å². The van der Waals surface area contributed by atoms with Gasteiger partial charge in [0.15, 0.2) is 5.01 Å². The summed E-state index contributed by atoms with van der Waals surface area (Å²) in [7, 11) is 0. The van der Waals surface area contributed by atoms with E-state index in [4.69, 9.17) is 11.6 Å². The second-order valence-electron chi connectivity index (χ2n) is 7.81. The molecule has 0 spiro atoms. The fourth-order valence-corrected chi connectivity index (χ4v) is 5.36. The summed E-state index contributed by atoms with van der Waals surface area (Å²) in [5, 5.41) is 11.3. The molecular weight excluding hydrogens is 430 g/mol. The summed E-state index contributed by atoms with van der Waals surface area (Å²) in [6.45, 7) is 2.44. The number of hydrogen-bond acceptors (Lipinski definition) is 5. The van der Waals surface area contributed by atoms with Gasteiger partial charge in [0, 0.05) is 23.7 Å². The van der Waals surface area contributed by atoms with Crippen molar-refractivity contribution in [3.63, 3.8) is 0 Å². The predicted octanol–water partition coefficient (Wildman–Crippen LogP) is 4.16. The van der Waals surface area contributed by atoms with Crippen LogP contribution in [0.1, 0.15) is 28.2 Å². The topological polar surface area (TPSA) is 71.3 Å². The Labute approximate surface area is 189 Å². The lowest BCUT2D eigenvalue weighted by atomic mass is 9.73. The number of halogens is 1. The average molecular weight is 452 g/mol. The van der Waals surface area contributed by atoms with Gasteiger partial charge in [0.05, 0.1) is 11.7 Å². The number of benzene rings is 1. The molecule has 0 atom stereocenters. The minimum atomic E-state index is -0.191. The Morgan fingerprint density at radius 3 is 2.74 bits per heavy atom. The Hall–Kier alpha value is -2.74. The summed E-state index contributed by atoms with van der Waals surface area (Å²) in [5.74, 6) is -0.191. The lowest BCUT2D eigenvalue weighted by Gasteiger charge is -2.38. The van der Waals surface area contributed by atoms with Crippen LogP contribution < -0.4 is 10.6 Å². The number of aromatic nitrogens is 3. The van der Waals surface area contributed by atoms with E-state index in [1.54, 1.807) is 10.7 Å². The van der Waals surface area contributed by atoms with Crippen molar-refractivity contribution in [1.82, 2.24) is 25.2 Å². The number of thiazole rings is 1. The van der Waals surface area contributed by atoms with E-state index in [-0.39, 0.29) is 11.3 Å². The molecule has 1 fully saturated rings. The molecule has 0 unspecified atom stereocenters. The van der Waals surface area contributed by atoms with Crippen LogP contribution in [0.2, 0.25) is 4.34 Å². The lowest BCUT2D eigenvalue weighted by Crippen LogP contribution is -2.47. The molecule has 2 N–H and O–H groups in total. The van der Waals surface area contributed by atoms with Crippen LogP contribution in [0.15, 0.2) is 60.9 Å². The smallest absolute Gasteiger partial charge is 0.280 e. The van der Waals surface area contributed by atoms with Gasteiger partial charge in [-0.15, -0.1) is 0 Å². The first-order valence-corrected chi connectivity index (χ1v) is 11.5. The van der Waals surface area contributed by atoms with Gasteiger partial charge < -0.3 is 10.6 Å². The molecule has 1 aromatic carbocycles. The van der Waals surface area contributed by atoms with E-state index in [0.717, 1.165) is 37.0 Å². The molecule has 6 nitrogen and oxygen atoms in total. The van der Waals surface area contributed by atoms with Crippen LogP contribution in [-0.4, -0.2) is 40.1 Å². The molecule has 5 rings (SSSR count). The van der Waals surface area contributed by atoms with Gasteiger partial charge in [-0.3, -0.25) is 4.79 Å². The number of rotatable bonds is 5. The van der Waals surface area contributed by atoms with Crippen molar-refractivity contribution in [3.05, 3.63) is 75.8 Å². The molecule has 1 aliphatic heterocycles. The van der Waals surface area contributed by atoms with Crippen molar-refractivity contribution in [2.24, 2.45) is 0 Å². The molecule has 1 amide bonds. The number of nitrogens with one attached hydrogen (secondary N) is 2. The number of carbonyl (C=O) groups is 1. The van der Waals surface area contributed by atoms with E-state index in [9.17, 15) is 4.79 Å². The number of piperidine rings is 1. The van der Waals surface area contributed by atoms with Gasteiger partial charge in [0.2, 0.25) is 0 Å². The molecule has 31 heavy (non-hydrogen) atoms. The van der Waals surface area contributed by atoms with Crippen LogP contribution in [0.4, 0.5) is 0 Å². The van der Waals surface area contributed by atoms with Gasteiger partial charge in [-0.2, -0.15) is 5.10 Å². The van der Waals surface area contributed by atoms with E-state index >= 15 is 0 Å². The number of pyridine rings is 1. The minimum Gasteiger partial charge on any atom is -0.349 e. The van der Waals surface area contributed by atoms with E-state index < -0.39 is 0 Å². The summed E-state index contributed by atoms with van der Waals surface area (Å²) in [6.07, 6.45) is 5.55. The quantitative estimate of drug-likeness (QED) is 0.478. The number of fused-ring (bicyclic) bond motifs is 1. The third-order valence-corrected chi connectivity index (χ3v) is 7.25. The number of hydrogen-bond donors (Lipinski definition) is 2. The van der Waals surface area contributed by atoms with E-state index in [0.29, 0.717) is 21.6 Å². The summed E-state index contributed by atoms with van der Waals surface area (Å²) in [4.78, 5) is 17.6. The Bertz CT molecular complexity index is 1210. The van der Waals surface area contributed by atoms with Crippen molar-refractivity contribution < 1.29 is 4.79 Å². The van der Waals surface area contributed by atoms with Crippen molar-refractivity contribution in [2.45, 2.75) is 18.3 Å². The highest BCUT2D eigenvalue weighted by Crippen LogP contribution is 2.36. The zero-order chi connectivity index (χ0) is 21.3. The van der Waals surface area contributed by atoms with Gasteiger partial charge in [-0.05, 0) is 43.6 Å². The molecule has 4 aromatic rings. The van der Waals surface area contributed by atoms with Gasteiger partial charge in [0.25, 0.3) is 5.91 Å². The Morgan fingerprint density at radius 2 is 1.94 bits per heavy atom. The molecule has 1 aliphatic rings. The normalized spacial score (nSPS) is 15.8. The fourth-order valence-electron chi connectivity index (χ4n) is 4.27. The maximum Gasteiger partial charge on any atom is 0.280 e. The number of amides is 1. The second-order valence-corrected chi connectivity index (χ2v) is 9.41. The van der Waals surface area contributed by atoms with Crippen molar-refractivity contribution >= 4 is 34.4 Å². The highest BCUT2D eigenvalue weighted by molar-refractivity contribution is 7.18. The van der Waals surface area contributed by atoms with Gasteiger partial charge in [-0.25, -0.2) is 9.50 Å². The zero-order valence-electron chi connectivity index (χ0n) is 16.8. The zero-order valence-corrected chi connectivity index (χ0v) is 18.4. The third kappa shape index (κ3) is 3.84. The maximum absolute atomic E-state index is 13.0. The first kappa shape index (κ1) is 20.2. The number of nitrogens with zero attached hydrogens (tertiary/aromatic N) is 3. The van der Waals surface area contributed by atoms with Crippen LogP contribution in [0.25, 0.3) is 16.8 Å². The average Bonchev–Trinajstić information content (AvgIpc) is 3.42. The Morgan fingerprint density at radius 1 is 1.16 bits per heavy atom. The van der Waals surface area contributed by atoms with E-state index in [1.807, 2.05) is 30.5 Å². The largest absolute Gasteiger partial charge is 0.349 e. The van der Waals surface area contributed by atoms with Crippen LogP contribution in [0.3, 0.4) is 0 Å². The summed E-state index contributed by atoms with van der Waals surface area (Å²) in [5.41, 5.74) is 3.51. The molecule has 3 aromatic heterocycles. The predicted molar refractivity (Wildman–Crippen MR) is 124 cm³/mol. The molecule has 0 bridgehead atoms. The fraction of sp³-hybridized carbons (Fsp3) is 0.261. The molecule has 0 saturated carbocycles. The minimum absolute atomic E-state index is 0.0749. The van der Waals surface area contributed by atoms with Crippen LogP contribution in [-0.2, 0) is 5.41 Å². The third-order valence-electron chi connectivity index (χ3n) is 6.00. The summed E-state index contributed by atoms with van der Waals surface area (Å²) >= 11 is 7.69. The van der Waals surface area contributed by atoms with Crippen molar-refractivity contribution in [3.8, 4) is 11.3 Å². The highest BCUT2D eigenvalue weighted by atomic mass is 35.5. The molecule has 4 heterocycles. The van der Waals surface area contributed by atoms with Gasteiger partial charge >= 0.3 is 0 Å². The summed E-state index contributed by atoms with van der Waals surface area (Å²) < 4.78 is 2.26. The highest BCUT2D eigenvalue weighted by Gasteiger charge is 2.34. The Kier molecular flexibility index (Phi) is 5.48. The van der Waals surface area contributed by atoms with Crippen molar-refractivity contribution in [2.75, 3.05) is 19.6 Å². The van der Waals surface area contributed by atoms with Gasteiger partial charge in [0.1, 0.15) is 10.0 Å². The van der Waals surface area contributed by atoms with Gasteiger partial charge in [-0.1, -0.05) is 59.3 Å². The maximum atomic E-state index is 13.0. The SMILES string of the molecule is O=C(NCC1(c2ccccc2)CCNCC1)c1nc(-c2cnn3ccccc23)c(Cl)s1. The molecule has 0 aliphatic carbocycles. The van der Waals surface area contributed by atoms with Crippen molar-refractivity contribution in [1.29, 1.82) is 0 Å². The molecule has 0 radical (unpaired) electrons.